The van der Waals surface area contributed by atoms with Crippen LogP contribution in [0.1, 0.15) is 33.1 Å². The molecule has 1 heterocycles. The maximum atomic E-state index is 11.7. The summed E-state index contributed by atoms with van der Waals surface area (Å²) >= 11 is 0. The van der Waals surface area contributed by atoms with Crippen LogP contribution in [0.15, 0.2) is 0 Å². The Hall–Kier alpha value is -0.530. The van der Waals surface area contributed by atoms with Gasteiger partial charge in [-0.05, 0) is 31.1 Å². The van der Waals surface area contributed by atoms with Crippen LogP contribution in [0, 0.1) is 17.8 Å². The molecule has 1 aliphatic carbocycles. The Labute approximate surface area is 80.3 Å². The fraction of sp³-hybridized carbons (Fsp3) is 0.909. The monoisotopic (exact) mass is 181 g/mol. The van der Waals surface area contributed by atoms with Crippen molar-refractivity contribution < 1.29 is 4.79 Å². The number of hydrogen-bond donors (Lipinski definition) is 0. The van der Waals surface area contributed by atoms with Crippen molar-refractivity contribution in [3.8, 4) is 0 Å². The summed E-state index contributed by atoms with van der Waals surface area (Å²) in [5.74, 6) is 2.33. The van der Waals surface area contributed by atoms with Gasteiger partial charge in [-0.1, -0.05) is 13.8 Å². The summed E-state index contributed by atoms with van der Waals surface area (Å²) in [4.78, 5) is 13.8. The molecule has 0 radical (unpaired) electrons. The largest absolute Gasteiger partial charge is 0.342 e. The third-order valence-electron chi connectivity index (χ3n) is 3.41. The fourth-order valence-electron chi connectivity index (χ4n) is 2.12. The van der Waals surface area contributed by atoms with Gasteiger partial charge in [0.05, 0.1) is 0 Å². The molecule has 0 aromatic carbocycles. The predicted molar refractivity (Wildman–Crippen MR) is 52.2 cm³/mol. The topological polar surface area (TPSA) is 20.3 Å². The zero-order valence-electron chi connectivity index (χ0n) is 8.62. The first-order chi connectivity index (χ1) is 6.18. The van der Waals surface area contributed by atoms with Crippen LogP contribution in [0.5, 0.6) is 0 Å². The molecule has 74 valence electrons. The van der Waals surface area contributed by atoms with E-state index in [1.165, 1.54) is 6.42 Å². The summed E-state index contributed by atoms with van der Waals surface area (Å²) < 4.78 is 0. The molecule has 13 heavy (non-hydrogen) atoms. The second-order valence-electron chi connectivity index (χ2n) is 4.85. The zero-order valence-corrected chi connectivity index (χ0v) is 8.62. The SMILES string of the molecule is CC(C)[C@H]1CCN(C(=O)C2CC2)C1. The highest BCUT2D eigenvalue weighted by molar-refractivity contribution is 5.81. The summed E-state index contributed by atoms with van der Waals surface area (Å²) in [5.41, 5.74) is 0. The molecule has 2 aliphatic rings. The van der Waals surface area contributed by atoms with E-state index in [1.807, 2.05) is 0 Å². The zero-order chi connectivity index (χ0) is 9.42. The molecule has 1 atom stereocenters. The van der Waals surface area contributed by atoms with Gasteiger partial charge in [0.25, 0.3) is 0 Å². The van der Waals surface area contributed by atoms with Gasteiger partial charge in [0.1, 0.15) is 0 Å². The summed E-state index contributed by atoms with van der Waals surface area (Å²) in [6, 6.07) is 0. The van der Waals surface area contributed by atoms with Crippen molar-refractivity contribution in [1.82, 2.24) is 4.90 Å². The van der Waals surface area contributed by atoms with Crippen molar-refractivity contribution in [2.75, 3.05) is 13.1 Å². The van der Waals surface area contributed by atoms with Crippen LogP contribution >= 0.6 is 0 Å². The summed E-state index contributed by atoms with van der Waals surface area (Å²) in [6.45, 7) is 6.55. The minimum Gasteiger partial charge on any atom is -0.342 e. The van der Waals surface area contributed by atoms with E-state index in [-0.39, 0.29) is 0 Å². The van der Waals surface area contributed by atoms with Crippen molar-refractivity contribution >= 4 is 5.91 Å². The normalized spacial score (nSPS) is 28.5. The van der Waals surface area contributed by atoms with E-state index in [0.29, 0.717) is 11.8 Å². The number of hydrogen-bond acceptors (Lipinski definition) is 1. The van der Waals surface area contributed by atoms with E-state index in [1.54, 1.807) is 0 Å². The third kappa shape index (κ3) is 1.87. The number of carbonyl (C=O) groups is 1. The Morgan fingerprint density at radius 1 is 1.31 bits per heavy atom. The molecule has 1 amide bonds. The lowest BCUT2D eigenvalue weighted by atomic mass is 9.95. The van der Waals surface area contributed by atoms with Crippen LogP contribution in [0.2, 0.25) is 0 Å². The average Bonchev–Trinajstić information content (AvgIpc) is 2.81. The summed E-state index contributed by atoms with van der Waals surface area (Å²) in [5, 5.41) is 0. The van der Waals surface area contributed by atoms with E-state index in [9.17, 15) is 4.79 Å². The Morgan fingerprint density at radius 3 is 2.46 bits per heavy atom. The Balaban J connectivity index is 1.86. The molecular formula is C11H19NO. The lowest BCUT2D eigenvalue weighted by molar-refractivity contribution is -0.131. The van der Waals surface area contributed by atoms with Crippen LogP contribution in [-0.2, 0) is 4.79 Å². The molecule has 0 aromatic rings. The smallest absolute Gasteiger partial charge is 0.225 e. The van der Waals surface area contributed by atoms with Gasteiger partial charge in [-0.25, -0.2) is 0 Å². The van der Waals surface area contributed by atoms with Gasteiger partial charge < -0.3 is 4.90 Å². The van der Waals surface area contributed by atoms with Crippen LogP contribution in [0.4, 0.5) is 0 Å². The molecule has 0 bridgehead atoms. The van der Waals surface area contributed by atoms with Crippen LogP contribution in [-0.4, -0.2) is 23.9 Å². The molecule has 0 spiro atoms. The van der Waals surface area contributed by atoms with Crippen molar-refractivity contribution in [2.24, 2.45) is 17.8 Å². The standard InChI is InChI=1S/C11H19NO/c1-8(2)10-5-6-12(7-10)11(13)9-3-4-9/h8-10H,3-7H2,1-2H3/t10-/m0/s1. The predicted octanol–water partition coefficient (Wildman–Crippen LogP) is 1.90. The molecule has 0 aromatic heterocycles. The Kier molecular flexibility index (Phi) is 2.31. The van der Waals surface area contributed by atoms with Gasteiger partial charge in [0.15, 0.2) is 0 Å². The molecule has 0 N–H and O–H groups in total. The number of nitrogens with zero attached hydrogens (tertiary/aromatic N) is 1. The lowest BCUT2D eigenvalue weighted by Crippen LogP contribution is -2.30. The average molecular weight is 181 g/mol. The number of rotatable bonds is 2. The van der Waals surface area contributed by atoms with Crippen molar-refractivity contribution in [2.45, 2.75) is 33.1 Å². The lowest BCUT2D eigenvalue weighted by Gasteiger charge is -2.17. The molecule has 1 aliphatic heterocycles. The van der Waals surface area contributed by atoms with Gasteiger partial charge >= 0.3 is 0 Å². The molecule has 2 nitrogen and oxygen atoms in total. The molecule has 0 unspecified atom stereocenters. The number of amides is 1. The maximum Gasteiger partial charge on any atom is 0.225 e. The van der Waals surface area contributed by atoms with Gasteiger partial charge in [-0.15, -0.1) is 0 Å². The number of likely N-dealkylation sites (tertiary alicyclic amines) is 1. The highest BCUT2D eigenvalue weighted by Gasteiger charge is 2.36. The maximum absolute atomic E-state index is 11.7. The highest BCUT2D eigenvalue weighted by Crippen LogP contribution is 2.33. The Bertz CT molecular complexity index is 208. The van der Waals surface area contributed by atoms with Gasteiger partial charge in [0.2, 0.25) is 5.91 Å². The van der Waals surface area contributed by atoms with E-state index in [0.717, 1.165) is 37.8 Å². The highest BCUT2D eigenvalue weighted by atomic mass is 16.2. The minimum atomic E-state index is 0.408. The molecule has 2 fully saturated rings. The third-order valence-corrected chi connectivity index (χ3v) is 3.41. The Morgan fingerprint density at radius 2 is 2.00 bits per heavy atom. The second kappa shape index (κ2) is 3.32. The van der Waals surface area contributed by atoms with Crippen LogP contribution < -0.4 is 0 Å². The van der Waals surface area contributed by atoms with Gasteiger partial charge in [-0.3, -0.25) is 4.79 Å². The van der Waals surface area contributed by atoms with Crippen molar-refractivity contribution in [3.63, 3.8) is 0 Å². The van der Waals surface area contributed by atoms with E-state index >= 15 is 0 Å². The first kappa shape index (κ1) is 9.04. The molecule has 1 saturated carbocycles. The van der Waals surface area contributed by atoms with Crippen LogP contribution in [0.3, 0.4) is 0 Å². The van der Waals surface area contributed by atoms with E-state index < -0.39 is 0 Å². The molecule has 1 saturated heterocycles. The first-order valence-electron chi connectivity index (χ1n) is 5.47. The summed E-state index contributed by atoms with van der Waals surface area (Å²) in [6.07, 6.45) is 3.50. The van der Waals surface area contributed by atoms with Gasteiger partial charge in [0, 0.05) is 19.0 Å². The summed E-state index contributed by atoms with van der Waals surface area (Å²) in [7, 11) is 0. The van der Waals surface area contributed by atoms with Crippen molar-refractivity contribution in [1.29, 1.82) is 0 Å². The molecule has 2 heteroatoms. The first-order valence-corrected chi connectivity index (χ1v) is 5.47. The van der Waals surface area contributed by atoms with E-state index in [2.05, 4.69) is 18.7 Å². The fourth-order valence-corrected chi connectivity index (χ4v) is 2.12. The van der Waals surface area contributed by atoms with E-state index in [4.69, 9.17) is 0 Å². The number of carbonyl (C=O) groups excluding carboxylic acids is 1. The minimum absolute atomic E-state index is 0.408. The van der Waals surface area contributed by atoms with Crippen LogP contribution in [0.25, 0.3) is 0 Å². The van der Waals surface area contributed by atoms with Crippen molar-refractivity contribution in [3.05, 3.63) is 0 Å². The quantitative estimate of drug-likeness (QED) is 0.637. The van der Waals surface area contributed by atoms with Gasteiger partial charge in [-0.2, -0.15) is 0 Å². The molecular weight excluding hydrogens is 162 g/mol. The molecule has 2 rings (SSSR count). The second-order valence-corrected chi connectivity index (χ2v) is 4.85.